The van der Waals surface area contributed by atoms with Crippen molar-refractivity contribution in [3.8, 4) is 0 Å². The van der Waals surface area contributed by atoms with Gasteiger partial charge in [-0.25, -0.2) is 4.98 Å². The Bertz CT molecular complexity index is 515. The van der Waals surface area contributed by atoms with E-state index in [-0.39, 0.29) is 0 Å². The van der Waals surface area contributed by atoms with Gasteiger partial charge in [-0.05, 0) is 30.2 Å². The van der Waals surface area contributed by atoms with Crippen molar-refractivity contribution in [2.45, 2.75) is 12.8 Å². The summed E-state index contributed by atoms with van der Waals surface area (Å²) in [4.78, 5) is 4.44. The molecule has 0 bridgehead atoms. The molecule has 18 heavy (non-hydrogen) atoms. The Morgan fingerprint density at radius 1 is 1.28 bits per heavy atom. The highest BCUT2D eigenvalue weighted by molar-refractivity contribution is 5.91. The molecular formula is C15H18N2O. The van der Waals surface area contributed by atoms with E-state index in [1.165, 1.54) is 23.6 Å². The van der Waals surface area contributed by atoms with Gasteiger partial charge in [-0.15, -0.1) is 0 Å². The number of fused-ring (bicyclic) bond motifs is 1. The van der Waals surface area contributed by atoms with Crippen molar-refractivity contribution in [2.75, 3.05) is 25.1 Å². The maximum Gasteiger partial charge on any atom is 0.133 e. The topological polar surface area (TPSA) is 34.1 Å². The van der Waals surface area contributed by atoms with Gasteiger partial charge in [0.05, 0.1) is 6.61 Å². The second-order valence-corrected chi connectivity index (χ2v) is 4.84. The van der Waals surface area contributed by atoms with E-state index < -0.39 is 0 Å². The SMILES string of the molecule is c1ccc2c(NCC3CCCOC3)nccc2c1. The van der Waals surface area contributed by atoms with E-state index in [2.05, 4.69) is 34.6 Å². The summed E-state index contributed by atoms with van der Waals surface area (Å²) in [5.74, 6) is 1.60. The lowest BCUT2D eigenvalue weighted by molar-refractivity contribution is 0.0595. The van der Waals surface area contributed by atoms with Crippen LogP contribution in [0.3, 0.4) is 0 Å². The zero-order chi connectivity index (χ0) is 12.2. The molecular weight excluding hydrogens is 224 g/mol. The predicted octanol–water partition coefficient (Wildman–Crippen LogP) is 3.07. The summed E-state index contributed by atoms with van der Waals surface area (Å²) < 4.78 is 5.50. The lowest BCUT2D eigenvalue weighted by Crippen LogP contribution is -2.24. The molecule has 0 saturated carbocycles. The highest BCUT2D eigenvalue weighted by atomic mass is 16.5. The average Bonchev–Trinajstić information content (AvgIpc) is 2.46. The molecule has 1 atom stereocenters. The molecule has 3 heteroatoms. The van der Waals surface area contributed by atoms with Crippen molar-refractivity contribution in [3.05, 3.63) is 36.5 Å². The lowest BCUT2D eigenvalue weighted by Gasteiger charge is -2.22. The summed E-state index contributed by atoms with van der Waals surface area (Å²) in [5, 5.41) is 5.89. The Hall–Kier alpha value is -1.61. The molecule has 1 aromatic carbocycles. The fraction of sp³-hybridized carbons (Fsp3) is 0.400. The van der Waals surface area contributed by atoms with Gasteiger partial charge >= 0.3 is 0 Å². The van der Waals surface area contributed by atoms with Crippen molar-refractivity contribution < 1.29 is 4.74 Å². The second-order valence-electron chi connectivity index (χ2n) is 4.84. The van der Waals surface area contributed by atoms with Crippen LogP contribution in [-0.2, 0) is 4.74 Å². The molecule has 1 N–H and O–H groups in total. The van der Waals surface area contributed by atoms with Crippen molar-refractivity contribution >= 4 is 16.6 Å². The molecule has 0 aliphatic carbocycles. The first-order valence-corrected chi connectivity index (χ1v) is 6.59. The Labute approximate surface area is 107 Å². The van der Waals surface area contributed by atoms with Crippen molar-refractivity contribution in [1.29, 1.82) is 0 Å². The van der Waals surface area contributed by atoms with Crippen LogP contribution in [0.5, 0.6) is 0 Å². The molecule has 2 aromatic rings. The van der Waals surface area contributed by atoms with Gasteiger partial charge in [0, 0.05) is 24.7 Å². The minimum absolute atomic E-state index is 0.611. The van der Waals surface area contributed by atoms with Gasteiger partial charge in [-0.2, -0.15) is 0 Å². The number of benzene rings is 1. The summed E-state index contributed by atoms with van der Waals surface area (Å²) >= 11 is 0. The maximum atomic E-state index is 5.50. The highest BCUT2D eigenvalue weighted by Gasteiger charge is 2.14. The van der Waals surface area contributed by atoms with E-state index in [0.29, 0.717) is 5.92 Å². The van der Waals surface area contributed by atoms with Crippen LogP contribution in [0.1, 0.15) is 12.8 Å². The Balaban J connectivity index is 1.74. The highest BCUT2D eigenvalue weighted by Crippen LogP contribution is 2.21. The number of aromatic nitrogens is 1. The Morgan fingerprint density at radius 2 is 2.22 bits per heavy atom. The number of pyridine rings is 1. The summed E-state index contributed by atoms with van der Waals surface area (Å²) in [6.07, 6.45) is 4.29. The number of hydrogen-bond acceptors (Lipinski definition) is 3. The fourth-order valence-corrected chi connectivity index (χ4v) is 2.47. The van der Waals surface area contributed by atoms with Crippen LogP contribution in [0.2, 0.25) is 0 Å². The van der Waals surface area contributed by atoms with Crippen molar-refractivity contribution in [2.24, 2.45) is 5.92 Å². The molecule has 1 fully saturated rings. The molecule has 1 unspecified atom stereocenters. The van der Waals surface area contributed by atoms with Gasteiger partial charge in [0.15, 0.2) is 0 Å². The molecule has 0 amide bonds. The number of anilines is 1. The van der Waals surface area contributed by atoms with Crippen molar-refractivity contribution in [3.63, 3.8) is 0 Å². The van der Waals surface area contributed by atoms with E-state index in [1.54, 1.807) is 0 Å². The largest absolute Gasteiger partial charge is 0.381 e. The van der Waals surface area contributed by atoms with Gasteiger partial charge in [-0.3, -0.25) is 0 Å². The number of rotatable bonds is 3. The first-order chi connectivity index (χ1) is 8.93. The zero-order valence-electron chi connectivity index (χ0n) is 10.4. The van der Waals surface area contributed by atoms with Crippen LogP contribution >= 0.6 is 0 Å². The fourth-order valence-electron chi connectivity index (χ4n) is 2.47. The van der Waals surface area contributed by atoms with Gasteiger partial charge in [0.2, 0.25) is 0 Å². The summed E-state index contributed by atoms with van der Waals surface area (Å²) in [6, 6.07) is 10.4. The van der Waals surface area contributed by atoms with Crippen LogP contribution in [0, 0.1) is 5.92 Å². The molecule has 3 rings (SSSR count). The van der Waals surface area contributed by atoms with E-state index in [1.807, 2.05) is 12.3 Å². The van der Waals surface area contributed by atoms with Crippen LogP contribution < -0.4 is 5.32 Å². The van der Waals surface area contributed by atoms with Crippen molar-refractivity contribution in [1.82, 2.24) is 4.98 Å². The quantitative estimate of drug-likeness (QED) is 0.898. The number of ether oxygens (including phenoxy) is 1. The zero-order valence-corrected chi connectivity index (χ0v) is 10.4. The normalized spacial score (nSPS) is 19.9. The number of nitrogens with one attached hydrogen (secondary N) is 1. The van der Waals surface area contributed by atoms with E-state index in [0.717, 1.165) is 25.6 Å². The molecule has 1 aliphatic heterocycles. The molecule has 1 aromatic heterocycles. The molecule has 1 saturated heterocycles. The summed E-state index contributed by atoms with van der Waals surface area (Å²) in [7, 11) is 0. The van der Waals surface area contributed by atoms with E-state index >= 15 is 0 Å². The van der Waals surface area contributed by atoms with Gasteiger partial charge in [0.25, 0.3) is 0 Å². The third kappa shape index (κ3) is 2.46. The monoisotopic (exact) mass is 242 g/mol. The Morgan fingerprint density at radius 3 is 3.11 bits per heavy atom. The molecule has 3 nitrogen and oxygen atoms in total. The lowest BCUT2D eigenvalue weighted by atomic mass is 10.0. The van der Waals surface area contributed by atoms with Gasteiger partial charge < -0.3 is 10.1 Å². The summed E-state index contributed by atoms with van der Waals surface area (Å²) in [5.41, 5.74) is 0. The number of nitrogens with zero attached hydrogens (tertiary/aromatic N) is 1. The molecule has 2 heterocycles. The van der Waals surface area contributed by atoms with E-state index in [9.17, 15) is 0 Å². The van der Waals surface area contributed by atoms with E-state index in [4.69, 9.17) is 4.74 Å². The first-order valence-electron chi connectivity index (χ1n) is 6.59. The molecule has 0 spiro atoms. The molecule has 1 aliphatic rings. The van der Waals surface area contributed by atoms with Crippen LogP contribution in [0.25, 0.3) is 10.8 Å². The Kier molecular flexibility index (Phi) is 3.42. The minimum Gasteiger partial charge on any atom is -0.381 e. The molecule has 94 valence electrons. The second kappa shape index (κ2) is 5.36. The van der Waals surface area contributed by atoms with Gasteiger partial charge in [0.1, 0.15) is 5.82 Å². The van der Waals surface area contributed by atoms with Gasteiger partial charge in [-0.1, -0.05) is 24.3 Å². The first kappa shape index (κ1) is 11.5. The minimum atomic E-state index is 0.611. The third-order valence-electron chi connectivity index (χ3n) is 3.49. The number of hydrogen-bond donors (Lipinski definition) is 1. The van der Waals surface area contributed by atoms with Crippen LogP contribution in [0.15, 0.2) is 36.5 Å². The smallest absolute Gasteiger partial charge is 0.133 e. The predicted molar refractivity (Wildman–Crippen MR) is 73.8 cm³/mol. The summed E-state index contributed by atoms with van der Waals surface area (Å²) in [6.45, 7) is 2.74. The molecule has 0 radical (unpaired) electrons. The van der Waals surface area contributed by atoms with Crippen LogP contribution in [0.4, 0.5) is 5.82 Å². The van der Waals surface area contributed by atoms with Crippen LogP contribution in [-0.4, -0.2) is 24.7 Å². The third-order valence-corrected chi connectivity index (χ3v) is 3.49. The standard InChI is InChI=1S/C15H18N2O/c1-2-6-14-13(5-1)7-8-16-15(14)17-10-12-4-3-9-18-11-12/h1-2,5-8,12H,3-4,9-11H2,(H,16,17). The maximum absolute atomic E-state index is 5.50. The average molecular weight is 242 g/mol.